The van der Waals surface area contributed by atoms with E-state index in [2.05, 4.69) is 29.6 Å². The number of amides is 2. The molecule has 31 heavy (non-hydrogen) atoms. The number of ether oxygens (including phenoxy) is 1. The van der Waals surface area contributed by atoms with E-state index < -0.39 is 28.3 Å². The maximum atomic E-state index is 12.8. The van der Waals surface area contributed by atoms with Crippen molar-refractivity contribution in [1.82, 2.24) is 5.32 Å². The van der Waals surface area contributed by atoms with Crippen LogP contribution in [0.3, 0.4) is 0 Å². The molecule has 0 radical (unpaired) electrons. The molecule has 2 aromatic carbocycles. The normalized spacial score (nSPS) is 29.0. The van der Waals surface area contributed by atoms with Crippen LogP contribution in [0.4, 0.5) is 4.79 Å². The summed E-state index contributed by atoms with van der Waals surface area (Å²) in [7, 11) is -0.969. The monoisotopic (exact) mass is 438 g/mol. The highest BCUT2D eigenvalue weighted by Gasteiger charge is 2.51. The Hall–Kier alpha value is -2.67. The fraction of sp³-hybridized carbons (Fsp3) is 0.417. The third-order valence-electron chi connectivity index (χ3n) is 7.02. The fourth-order valence-electron chi connectivity index (χ4n) is 5.50. The highest BCUT2D eigenvalue weighted by atomic mass is 32.2. The maximum absolute atomic E-state index is 12.8. The average molecular weight is 439 g/mol. The van der Waals surface area contributed by atoms with Gasteiger partial charge in [0.05, 0.1) is 0 Å². The molecule has 162 valence electrons. The quantitative estimate of drug-likeness (QED) is 0.766. The number of fused-ring (bicyclic) bond motifs is 5. The minimum absolute atomic E-state index is 0.0547. The largest absolute Gasteiger partial charge is 0.449 e. The van der Waals surface area contributed by atoms with Crippen molar-refractivity contribution in [2.75, 3.05) is 6.61 Å². The molecule has 2 amide bonds. The first kappa shape index (κ1) is 20.2. The smallest absolute Gasteiger partial charge is 0.408 e. The molecule has 2 fully saturated rings. The summed E-state index contributed by atoms with van der Waals surface area (Å²) >= 11 is 0. The molecule has 2 aromatic rings. The Labute approximate surface area is 184 Å². The zero-order chi connectivity index (χ0) is 21.6. The van der Waals surface area contributed by atoms with Crippen LogP contribution in [0.1, 0.15) is 49.1 Å². The molecule has 1 aliphatic carbocycles. The molecule has 2 heterocycles. The Balaban J connectivity index is 1.32. The van der Waals surface area contributed by atoms with Crippen LogP contribution >= 0.6 is 0 Å². The van der Waals surface area contributed by atoms with Gasteiger partial charge < -0.3 is 15.8 Å². The Morgan fingerprint density at radius 3 is 2.10 bits per heavy atom. The molecule has 5 rings (SSSR count). The molecule has 2 unspecified atom stereocenters. The van der Waals surface area contributed by atoms with Crippen molar-refractivity contribution in [3.8, 4) is 11.1 Å². The predicted molar refractivity (Wildman–Crippen MR) is 119 cm³/mol. The summed E-state index contributed by atoms with van der Waals surface area (Å²) in [5.41, 5.74) is 9.12. The second-order valence-electron chi connectivity index (χ2n) is 8.81. The number of hydrogen-bond acceptors (Lipinski definition) is 4. The lowest BCUT2D eigenvalue weighted by molar-refractivity contribution is -0.125. The molecule has 7 heteroatoms. The van der Waals surface area contributed by atoms with E-state index >= 15 is 0 Å². The number of carbonyl (C=O) groups excluding carboxylic acids is 2. The number of nitrogens with one attached hydrogen (secondary N) is 1. The maximum Gasteiger partial charge on any atom is 0.408 e. The molecule has 2 bridgehead atoms. The molecule has 0 aromatic heterocycles. The van der Waals surface area contributed by atoms with Crippen molar-refractivity contribution in [2.24, 2.45) is 5.73 Å². The number of alkyl carbamates (subject to hydrolysis) is 1. The first-order valence-corrected chi connectivity index (χ1v) is 12.1. The van der Waals surface area contributed by atoms with E-state index in [4.69, 9.17) is 10.5 Å². The van der Waals surface area contributed by atoms with Crippen LogP contribution in [-0.2, 0) is 20.3 Å². The van der Waals surface area contributed by atoms with Crippen LogP contribution in [0.25, 0.3) is 11.1 Å². The van der Waals surface area contributed by atoms with Crippen molar-refractivity contribution in [3.63, 3.8) is 0 Å². The second-order valence-corrected chi connectivity index (χ2v) is 10.8. The van der Waals surface area contributed by atoms with Gasteiger partial charge in [0.15, 0.2) is 0 Å². The molecule has 3 N–H and O–H groups in total. The Morgan fingerprint density at radius 2 is 1.55 bits per heavy atom. The number of rotatable bonds is 4. The van der Waals surface area contributed by atoms with Gasteiger partial charge in [0.25, 0.3) is 0 Å². The summed E-state index contributed by atoms with van der Waals surface area (Å²) < 4.78 is 18.2. The zero-order valence-electron chi connectivity index (χ0n) is 17.2. The molecular weight excluding hydrogens is 412 g/mol. The molecule has 2 atom stereocenters. The van der Waals surface area contributed by atoms with Gasteiger partial charge in [0, 0.05) is 27.2 Å². The number of carbonyl (C=O) groups is 2. The van der Waals surface area contributed by atoms with Crippen LogP contribution in [0, 0.1) is 0 Å². The number of hydrogen-bond donors (Lipinski definition) is 2. The second kappa shape index (κ2) is 7.79. The number of nitrogens with two attached hydrogens (primary N) is 1. The summed E-state index contributed by atoms with van der Waals surface area (Å²) in [5.74, 6) is -0.629. The summed E-state index contributed by atoms with van der Waals surface area (Å²) in [6, 6.07) is 16.3. The van der Waals surface area contributed by atoms with Crippen molar-refractivity contribution < 1.29 is 18.5 Å². The van der Waals surface area contributed by atoms with E-state index in [0.29, 0.717) is 12.8 Å². The fourth-order valence-corrected chi connectivity index (χ4v) is 7.74. The van der Waals surface area contributed by atoms with Crippen LogP contribution < -0.4 is 11.1 Å². The van der Waals surface area contributed by atoms with Crippen molar-refractivity contribution >= 4 is 22.8 Å². The van der Waals surface area contributed by atoms with Gasteiger partial charge in [0.2, 0.25) is 5.91 Å². The summed E-state index contributed by atoms with van der Waals surface area (Å²) in [6.07, 6.45) is 2.58. The lowest BCUT2D eigenvalue weighted by Gasteiger charge is -2.44. The molecule has 2 aliphatic heterocycles. The summed E-state index contributed by atoms with van der Waals surface area (Å²) in [5, 5.41) is 2.58. The van der Waals surface area contributed by atoms with Crippen LogP contribution in [-0.4, -0.2) is 38.9 Å². The van der Waals surface area contributed by atoms with Gasteiger partial charge in [-0.05, 0) is 47.9 Å². The van der Waals surface area contributed by atoms with E-state index in [1.807, 2.05) is 24.3 Å². The Kier molecular flexibility index (Phi) is 5.08. The van der Waals surface area contributed by atoms with Gasteiger partial charge in [-0.3, -0.25) is 9.00 Å². The van der Waals surface area contributed by atoms with E-state index in [1.165, 1.54) is 0 Å². The highest BCUT2D eigenvalue weighted by Crippen LogP contribution is 2.44. The van der Waals surface area contributed by atoms with Crippen LogP contribution in [0.15, 0.2) is 48.5 Å². The average Bonchev–Trinajstić information content (AvgIpc) is 3.07. The van der Waals surface area contributed by atoms with Gasteiger partial charge in [-0.25, -0.2) is 4.79 Å². The van der Waals surface area contributed by atoms with E-state index in [0.717, 1.165) is 41.5 Å². The minimum Gasteiger partial charge on any atom is -0.449 e. The van der Waals surface area contributed by atoms with Crippen LogP contribution in [0.2, 0.25) is 0 Å². The van der Waals surface area contributed by atoms with E-state index in [1.54, 1.807) is 0 Å². The SMILES string of the molecule is NC(=O)C1(NC(=O)OCC2c3ccccc3-c3ccccc32)CC2CCCC(C1)S2=O. The zero-order valence-corrected chi connectivity index (χ0v) is 18.0. The van der Waals surface area contributed by atoms with Gasteiger partial charge in [0.1, 0.15) is 12.1 Å². The third-order valence-corrected chi connectivity index (χ3v) is 9.14. The molecule has 0 saturated carbocycles. The van der Waals surface area contributed by atoms with Gasteiger partial charge >= 0.3 is 6.09 Å². The summed E-state index contributed by atoms with van der Waals surface area (Å²) in [6.45, 7) is 0.174. The highest BCUT2D eigenvalue weighted by molar-refractivity contribution is 7.86. The topological polar surface area (TPSA) is 98.5 Å². The Bertz CT molecular complexity index is 1010. The van der Waals surface area contributed by atoms with Crippen molar-refractivity contribution in [2.45, 2.75) is 54.1 Å². The predicted octanol–water partition coefficient (Wildman–Crippen LogP) is 3.21. The molecular formula is C24H26N2O4S. The summed E-state index contributed by atoms with van der Waals surface area (Å²) in [4.78, 5) is 25.2. The lowest BCUT2D eigenvalue weighted by atomic mass is 9.82. The first-order chi connectivity index (χ1) is 15.0. The molecule has 0 spiro atoms. The molecule has 6 nitrogen and oxygen atoms in total. The van der Waals surface area contributed by atoms with Gasteiger partial charge in [-0.15, -0.1) is 0 Å². The standard InChI is InChI=1S/C24H26N2O4S/c25-22(27)24(12-15-6-5-7-16(13-24)31(15)29)26-23(28)30-14-21-19-10-3-1-8-17(19)18-9-2-4-11-20(18)21/h1-4,8-11,15-16,21H,5-7,12-14H2,(H2,25,27)(H,26,28). The lowest BCUT2D eigenvalue weighted by Crippen LogP contribution is -2.64. The molecule has 3 aliphatic rings. The van der Waals surface area contributed by atoms with E-state index in [9.17, 15) is 13.8 Å². The Morgan fingerprint density at radius 1 is 1.00 bits per heavy atom. The number of benzene rings is 2. The first-order valence-electron chi connectivity index (χ1n) is 10.8. The van der Waals surface area contributed by atoms with E-state index in [-0.39, 0.29) is 23.0 Å². The van der Waals surface area contributed by atoms with Crippen molar-refractivity contribution in [3.05, 3.63) is 59.7 Å². The minimum atomic E-state index is -1.19. The molecule has 2 saturated heterocycles. The number of primary amides is 1. The van der Waals surface area contributed by atoms with Gasteiger partial charge in [-0.1, -0.05) is 55.0 Å². The van der Waals surface area contributed by atoms with Gasteiger partial charge in [-0.2, -0.15) is 0 Å². The van der Waals surface area contributed by atoms with Crippen molar-refractivity contribution in [1.29, 1.82) is 0 Å². The van der Waals surface area contributed by atoms with Crippen LogP contribution in [0.5, 0.6) is 0 Å². The third kappa shape index (κ3) is 3.45.